The number of hydrazone groups is 1. The number of pyridine rings is 1. The van der Waals surface area contributed by atoms with Gasteiger partial charge in [-0.05, 0) is 29.0 Å². The summed E-state index contributed by atoms with van der Waals surface area (Å²) in [5.41, 5.74) is 3.04. The van der Waals surface area contributed by atoms with Crippen LogP contribution in [0.2, 0.25) is 0 Å². The Bertz CT molecular complexity index is 882. The van der Waals surface area contributed by atoms with Crippen molar-refractivity contribution in [1.29, 1.82) is 0 Å². The summed E-state index contributed by atoms with van der Waals surface area (Å²) in [6, 6.07) is 16.7. The van der Waals surface area contributed by atoms with Crippen molar-refractivity contribution < 1.29 is 9.90 Å². The van der Waals surface area contributed by atoms with Crippen LogP contribution in [-0.4, -0.2) is 28.0 Å². The Morgan fingerprint density at radius 3 is 2.83 bits per heavy atom. The van der Waals surface area contributed by atoms with Crippen molar-refractivity contribution in [2.75, 3.05) is 5.75 Å². The SMILES string of the molecule is O=C(CSc1ccccn1)NN=Cc1c(O)ccc2ccccc12. The zero-order chi connectivity index (χ0) is 16.8. The average Bonchev–Trinajstić information content (AvgIpc) is 2.63. The minimum Gasteiger partial charge on any atom is -0.507 e. The molecular formula is C18H15N3O2S. The summed E-state index contributed by atoms with van der Waals surface area (Å²) in [7, 11) is 0. The molecule has 0 unspecified atom stereocenters. The van der Waals surface area contributed by atoms with Crippen molar-refractivity contribution >= 4 is 34.7 Å². The van der Waals surface area contributed by atoms with E-state index in [9.17, 15) is 9.90 Å². The van der Waals surface area contributed by atoms with Crippen molar-refractivity contribution in [2.45, 2.75) is 5.03 Å². The van der Waals surface area contributed by atoms with Crippen molar-refractivity contribution in [2.24, 2.45) is 5.10 Å². The highest BCUT2D eigenvalue weighted by molar-refractivity contribution is 7.99. The highest BCUT2D eigenvalue weighted by atomic mass is 32.2. The fourth-order valence-corrected chi connectivity index (χ4v) is 2.85. The van der Waals surface area contributed by atoms with Gasteiger partial charge in [-0.2, -0.15) is 5.10 Å². The zero-order valence-electron chi connectivity index (χ0n) is 12.7. The number of carbonyl (C=O) groups excluding carboxylic acids is 1. The summed E-state index contributed by atoms with van der Waals surface area (Å²) in [4.78, 5) is 16.0. The summed E-state index contributed by atoms with van der Waals surface area (Å²) >= 11 is 1.33. The Hall–Kier alpha value is -2.86. The molecule has 120 valence electrons. The second kappa shape index (κ2) is 7.61. The first-order valence-electron chi connectivity index (χ1n) is 7.30. The van der Waals surface area contributed by atoms with Crippen LogP contribution in [-0.2, 0) is 4.79 Å². The molecule has 0 fully saturated rings. The highest BCUT2D eigenvalue weighted by Gasteiger charge is 2.05. The maximum Gasteiger partial charge on any atom is 0.250 e. The van der Waals surface area contributed by atoms with Gasteiger partial charge in [0.05, 0.1) is 17.0 Å². The number of phenolic OH excluding ortho intramolecular Hbond substituents is 1. The second-order valence-electron chi connectivity index (χ2n) is 4.97. The van der Waals surface area contributed by atoms with E-state index in [1.54, 1.807) is 12.3 Å². The molecule has 6 heteroatoms. The summed E-state index contributed by atoms with van der Waals surface area (Å²) in [6.07, 6.45) is 3.14. The van der Waals surface area contributed by atoms with Gasteiger partial charge in [-0.15, -0.1) is 0 Å². The minimum absolute atomic E-state index is 0.120. The summed E-state index contributed by atoms with van der Waals surface area (Å²) in [6.45, 7) is 0. The number of amides is 1. The summed E-state index contributed by atoms with van der Waals surface area (Å²) in [5.74, 6) is 0.103. The molecule has 24 heavy (non-hydrogen) atoms. The molecular weight excluding hydrogens is 322 g/mol. The standard InChI is InChI=1S/C18H15N3O2S/c22-16-9-8-13-5-1-2-6-14(13)15(16)11-20-21-17(23)12-24-18-7-3-4-10-19-18/h1-11,22H,12H2,(H,21,23). The first-order chi connectivity index (χ1) is 11.7. The van der Waals surface area contributed by atoms with Crippen LogP contribution in [0.3, 0.4) is 0 Å². The lowest BCUT2D eigenvalue weighted by Crippen LogP contribution is -2.19. The number of aromatic hydroxyl groups is 1. The molecule has 0 aliphatic heterocycles. The van der Waals surface area contributed by atoms with Gasteiger partial charge < -0.3 is 5.11 Å². The van der Waals surface area contributed by atoms with Gasteiger partial charge in [-0.25, -0.2) is 10.4 Å². The lowest BCUT2D eigenvalue weighted by molar-refractivity contribution is -0.118. The Balaban J connectivity index is 1.64. The van der Waals surface area contributed by atoms with Crippen LogP contribution in [0, 0.1) is 0 Å². The van der Waals surface area contributed by atoms with Gasteiger partial charge in [0.2, 0.25) is 5.91 Å². The number of fused-ring (bicyclic) bond motifs is 1. The van der Waals surface area contributed by atoms with Crippen LogP contribution in [0.4, 0.5) is 0 Å². The predicted molar refractivity (Wildman–Crippen MR) is 96.3 cm³/mol. The van der Waals surface area contributed by atoms with E-state index in [1.165, 1.54) is 18.0 Å². The Kier molecular flexibility index (Phi) is 5.08. The van der Waals surface area contributed by atoms with Crippen LogP contribution in [0.1, 0.15) is 5.56 Å². The molecule has 5 nitrogen and oxygen atoms in total. The number of carbonyl (C=O) groups is 1. The first kappa shape index (κ1) is 16.0. The molecule has 3 rings (SSSR count). The number of nitrogens with zero attached hydrogens (tertiary/aromatic N) is 2. The summed E-state index contributed by atoms with van der Waals surface area (Å²) in [5, 5.41) is 16.6. The third-order valence-electron chi connectivity index (χ3n) is 3.32. The molecule has 1 amide bonds. The second-order valence-corrected chi connectivity index (χ2v) is 5.96. The molecule has 2 aromatic carbocycles. The van der Waals surface area contributed by atoms with E-state index in [-0.39, 0.29) is 17.4 Å². The first-order valence-corrected chi connectivity index (χ1v) is 8.29. The molecule has 1 aromatic heterocycles. The fraction of sp³-hybridized carbons (Fsp3) is 0.0556. The number of benzene rings is 2. The van der Waals surface area contributed by atoms with Gasteiger partial charge in [0.25, 0.3) is 0 Å². The van der Waals surface area contributed by atoms with E-state index < -0.39 is 0 Å². The Labute approximate surface area is 143 Å². The third kappa shape index (κ3) is 3.91. The highest BCUT2D eigenvalue weighted by Crippen LogP contribution is 2.25. The lowest BCUT2D eigenvalue weighted by Gasteiger charge is -2.04. The molecule has 1 heterocycles. The number of hydrogen-bond acceptors (Lipinski definition) is 5. The third-order valence-corrected chi connectivity index (χ3v) is 4.26. The van der Waals surface area contributed by atoms with Crippen LogP contribution >= 0.6 is 11.8 Å². The van der Waals surface area contributed by atoms with Gasteiger partial charge in [0, 0.05) is 11.8 Å². The van der Waals surface area contributed by atoms with Gasteiger partial charge >= 0.3 is 0 Å². The van der Waals surface area contributed by atoms with Crippen LogP contribution in [0.5, 0.6) is 5.75 Å². The molecule has 2 N–H and O–H groups in total. The lowest BCUT2D eigenvalue weighted by atomic mass is 10.0. The van der Waals surface area contributed by atoms with E-state index >= 15 is 0 Å². The molecule has 0 aliphatic carbocycles. The number of rotatable bonds is 5. The Morgan fingerprint density at radius 1 is 1.17 bits per heavy atom. The van der Waals surface area contributed by atoms with Crippen molar-refractivity contribution in [3.8, 4) is 5.75 Å². The molecule has 0 atom stereocenters. The molecule has 0 saturated heterocycles. The maximum atomic E-state index is 11.8. The predicted octanol–water partition coefficient (Wildman–Crippen LogP) is 3.18. The number of phenols is 1. The molecule has 3 aromatic rings. The van der Waals surface area contributed by atoms with Crippen LogP contribution in [0.25, 0.3) is 10.8 Å². The topological polar surface area (TPSA) is 74.6 Å². The number of nitrogens with one attached hydrogen (secondary N) is 1. The smallest absolute Gasteiger partial charge is 0.250 e. The molecule has 0 bridgehead atoms. The van der Waals surface area contributed by atoms with Gasteiger partial charge in [-0.3, -0.25) is 4.79 Å². The van der Waals surface area contributed by atoms with E-state index in [0.29, 0.717) is 5.56 Å². The molecule has 0 aliphatic rings. The quantitative estimate of drug-likeness (QED) is 0.426. The number of aromatic nitrogens is 1. The van der Waals surface area contributed by atoms with E-state index in [1.807, 2.05) is 48.5 Å². The van der Waals surface area contributed by atoms with Gasteiger partial charge in [0.15, 0.2) is 0 Å². The van der Waals surface area contributed by atoms with Crippen molar-refractivity contribution in [3.05, 3.63) is 66.4 Å². The number of thioether (sulfide) groups is 1. The van der Waals surface area contributed by atoms with Crippen LogP contribution < -0.4 is 5.43 Å². The zero-order valence-corrected chi connectivity index (χ0v) is 13.5. The summed E-state index contributed by atoms with van der Waals surface area (Å²) < 4.78 is 0. The van der Waals surface area contributed by atoms with E-state index in [2.05, 4.69) is 15.5 Å². The minimum atomic E-state index is -0.235. The Morgan fingerprint density at radius 2 is 2.00 bits per heavy atom. The van der Waals surface area contributed by atoms with E-state index in [4.69, 9.17) is 0 Å². The number of hydrogen-bond donors (Lipinski definition) is 2. The van der Waals surface area contributed by atoms with Gasteiger partial charge in [0.1, 0.15) is 5.75 Å². The maximum absolute atomic E-state index is 11.8. The molecule has 0 radical (unpaired) electrons. The molecule has 0 spiro atoms. The van der Waals surface area contributed by atoms with Gasteiger partial charge in [-0.1, -0.05) is 48.2 Å². The fourth-order valence-electron chi connectivity index (χ4n) is 2.19. The largest absolute Gasteiger partial charge is 0.507 e. The normalized spacial score (nSPS) is 11.0. The average molecular weight is 337 g/mol. The van der Waals surface area contributed by atoms with Crippen molar-refractivity contribution in [1.82, 2.24) is 10.4 Å². The monoisotopic (exact) mass is 337 g/mol. The molecule has 0 saturated carbocycles. The van der Waals surface area contributed by atoms with Crippen LogP contribution in [0.15, 0.2) is 70.9 Å². The van der Waals surface area contributed by atoms with E-state index in [0.717, 1.165) is 15.8 Å². The van der Waals surface area contributed by atoms with Crippen molar-refractivity contribution in [3.63, 3.8) is 0 Å².